The number of hydrogen-bond donors (Lipinski definition) is 2. The van der Waals surface area contributed by atoms with Gasteiger partial charge < -0.3 is 11.1 Å². The monoisotopic (exact) mass is 243 g/mol. The molecule has 3 N–H and O–H groups in total. The molecule has 0 radical (unpaired) electrons. The maximum atomic E-state index is 13.0. The molecule has 0 aliphatic heterocycles. The number of halogens is 3. The van der Waals surface area contributed by atoms with Crippen molar-refractivity contribution >= 4 is 5.96 Å². The van der Waals surface area contributed by atoms with Crippen LogP contribution >= 0.6 is 0 Å². The minimum absolute atomic E-state index is 0.00274. The van der Waals surface area contributed by atoms with Crippen molar-refractivity contribution in [3.05, 3.63) is 35.1 Å². The molecule has 2 atom stereocenters. The van der Waals surface area contributed by atoms with E-state index in [0.717, 1.165) is 12.1 Å². The summed E-state index contributed by atoms with van der Waals surface area (Å²) in [6.45, 7) is 0. The molecule has 1 fully saturated rings. The third kappa shape index (κ3) is 2.35. The molecule has 1 aromatic carbocycles. The number of aliphatic imine (C=N–C) groups is 1. The largest absolute Gasteiger partial charge is 0.370 e. The van der Waals surface area contributed by atoms with E-state index in [1.165, 1.54) is 7.05 Å². The van der Waals surface area contributed by atoms with E-state index in [9.17, 15) is 13.2 Å². The first-order valence-electron chi connectivity index (χ1n) is 5.16. The lowest BCUT2D eigenvalue weighted by atomic mass is 10.1. The summed E-state index contributed by atoms with van der Waals surface area (Å²) in [4.78, 5) is 3.72. The van der Waals surface area contributed by atoms with E-state index in [-0.39, 0.29) is 17.9 Å². The van der Waals surface area contributed by atoms with Crippen molar-refractivity contribution in [2.75, 3.05) is 7.05 Å². The summed E-state index contributed by atoms with van der Waals surface area (Å²) in [5, 5.41) is 2.89. The van der Waals surface area contributed by atoms with Gasteiger partial charge in [0.1, 0.15) is 0 Å². The van der Waals surface area contributed by atoms with Gasteiger partial charge >= 0.3 is 0 Å². The molecule has 17 heavy (non-hydrogen) atoms. The van der Waals surface area contributed by atoms with Gasteiger partial charge in [0.05, 0.1) is 0 Å². The highest BCUT2D eigenvalue weighted by atomic mass is 19.2. The van der Waals surface area contributed by atoms with Crippen molar-refractivity contribution in [2.45, 2.75) is 18.4 Å². The number of guanidine groups is 1. The molecular formula is C11H12F3N3. The molecule has 1 aliphatic rings. The summed E-state index contributed by atoms with van der Waals surface area (Å²) in [5.41, 5.74) is 5.90. The van der Waals surface area contributed by atoms with E-state index >= 15 is 0 Å². The molecule has 1 aromatic rings. The number of nitrogens with one attached hydrogen (secondary N) is 1. The van der Waals surface area contributed by atoms with Crippen LogP contribution in [-0.4, -0.2) is 19.0 Å². The highest BCUT2D eigenvalue weighted by Gasteiger charge is 2.39. The van der Waals surface area contributed by atoms with Crippen molar-refractivity contribution in [3.63, 3.8) is 0 Å². The Morgan fingerprint density at radius 1 is 1.35 bits per heavy atom. The second-order valence-electron chi connectivity index (χ2n) is 4.00. The molecule has 1 aliphatic carbocycles. The Labute approximate surface area is 96.5 Å². The average molecular weight is 243 g/mol. The summed E-state index contributed by atoms with van der Waals surface area (Å²) in [5.74, 6) is -3.54. The number of rotatable bonds is 2. The van der Waals surface area contributed by atoms with Crippen molar-refractivity contribution in [3.8, 4) is 0 Å². The van der Waals surface area contributed by atoms with Crippen LogP contribution in [-0.2, 0) is 0 Å². The highest BCUT2D eigenvalue weighted by molar-refractivity contribution is 5.78. The zero-order valence-electron chi connectivity index (χ0n) is 9.17. The maximum absolute atomic E-state index is 13.0. The van der Waals surface area contributed by atoms with E-state index < -0.39 is 17.5 Å². The molecule has 6 heteroatoms. The Kier molecular flexibility index (Phi) is 2.95. The van der Waals surface area contributed by atoms with Crippen LogP contribution in [0.4, 0.5) is 13.2 Å². The summed E-state index contributed by atoms with van der Waals surface area (Å²) in [6, 6.07) is 2.04. The van der Waals surface area contributed by atoms with Gasteiger partial charge in [-0.25, -0.2) is 13.2 Å². The Balaban J connectivity index is 2.11. The van der Waals surface area contributed by atoms with Crippen molar-refractivity contribution < 1.29 is 13.2 Å². The van der Waals surface area contributed by atoms with Crippen molar-refractivity contribution in [2.24, 2.45) is 10.7 Å². The van der Waals surface area contributed by atoms with Crippen molar-refractivity contribution in [1.29, 1.82) is 0 Å². The molecule has 3 nitrogen and oxygen atoms in total. The summed E-state index contributed by atoms with van der Waals surface area (Å²) < 4.78 is 38.8. The Bertz CT molecular complexity index is 450. The molecule has 0 saturated heterocycles. The summed E-state index contributed by atoms with van der Waals surface area (Å²) in [7, 11) is 1.54. The Morgan fingerprint density at radius 2 is 1.94 bits per heavy atom. The maximum Gasteiger partial charge on any atom is 0.194 e. The second kappa shape index (κ2) is 4.27. The normalized spacial score (nSPS) is 23.6. The van der Waals surface area contributed by atoms with Gasteiger partial charge in [-0.1, -0.05) is 0 Å². The van der Waals surface area contributed by atoms with E-state index in [1.807, 2.05) is 0 Å². The Morgan fingerprint density at radius 3 is 2.47 bits per heavy atom. The minimum Gasteiger partial charge on any atom is -0.370 e. The second-order valence-corrected chi connectivity index (χ2v) is 4.00. The molecule has 2 rings (SSSR count). The number of benzene rings is 1. The van der Waals surface area contributed by atoms with Gasteiger partial charge in [0.25, 0.3) is 0 Å². The number of nitrogens with two attached hydrogens (primary N) is 1. The summed E-state index contributed by atoms with van der Waals surface area (Å²) >= 11 is 0. The first-order valence-corrected chi connectivity index (χ1v) is 5.16. The molecule has 0 unspecified atom stereocenters. The van der Waals surface area contributed by atoms with Gasteiger partial charge in [-0.2, -0.15) is 0 Å². The van der Waals surface area contributed by atoms with Crippen LogP contribution in [0.15, 0.2) is 17.1 Å². The van der Waals surface area contributed by atoms with E-state index in [2.05, 4.69) is 10.3 Å². The fourth-order valence-corrected chi connectivity index (χ4v) is 1.77. The van der Waals surface area contributed by atoms with Crippen LogP contribution in [0.1, 0.15) is 17.9 Å². The van der Waals surface area contributed by atoms with Gasteiger partial charge in [0.2, 0.25) is 0 Å². The van der Waals surface area contributed by atoms with E-state index in [4.69, 9.17) is 5.73 Å². The van der Waals surface area contributed by atoms with Crippen LogP contribution in [0.25, 0.3) is 0 Å². The smallest absolute Gasteiger partial charge is 0.194 e. The van der Waals surface area contributed by atoms with E-state index in [0.29, 0.717) is 12.0 Å². The van der Waals surface area contributed by atoms with Crippen LogP contribution in [0.5, 0.6) is 0 Å². The SMILES string of the molecule is CN=C(N)N[C@@H]1C[C@H]1c1cc(F)c(F)c(F)c1. The molecule has 0 heterocycles. The quantitative estimate of drug-likeness (QED) is 0.470. The van der Waals surface area contributed by atoms with Crippen LogP contribution in [0.3, 0.4) is 0 Å². The molecule has 1 saturated carbocycles. The van der Waals surface area contributed by atoms with Gasteiger partial charge in [0, 0.05) is 19.0 Å². The van der Waals surface area contributed by atoms with Gasteiger partial charge in [-0.3, -0.25) is 4.99 Å². The van der Waals surface area contributed by atoms with Crippen LogP contribution in [0.2, 0.25) is 0 Å². The first kappa shape index (κ1) is 11.8. The first-order chi connectivity index (χ1) is 8.02. The van der Waals surface area contributed by atoms with Gasteiger partial charge in [-0.05, 0) is 24.1 Å². The van der Waals surface area contributed by atoms with Crippen LogP contribution in [0, 0.1) is 17.5 Å². The third-order valence-electron chi connectivity index (χ3n) is 2.80. The zero-order chi connectivity index (χ0) is 12.6. The lowest BCUT2D eigenvalue weighted by Crippen LogP contribution is -2.33. The van der Waals surface area contributed by atoms with Crippen LogP contribution < -0.4 is 11.1 Å². The van der Waals surface area contributed by atoms with Gasteiger partial charge in [-0.15, -0.1) is 0 Å². The average Bonchev–Trinajstić information content (AvgIpc) is 3.04. The number of hydrogen-bond acceptors (Lipinski definition) is 1. The predicted octanol–water partition coefficient (Wildman–Crippen LogP) is 1.49. The molecule has 92 valence electrons. The summed E-state index contributed by atoms with van der Waals surface area (Å²) in [6.07, 6.45) is 0.695. The van der Waals surface area contributed by atoms with E-state index in [1.54, 1.807) is 0 Å². The lowest BCUT2D eigenvalue weighted by molar-refractivity contribution is 0.445. The molecule has 0 bridgehead atoms. The van der Waals surface area contributed by atoms with Crippen molar-refractivity contribution in [1.82, 2.24) is 5.32 Å². The molecular weight excluding hydrogens is 231 g/mol. The predicted molar refractivity (Wildman–Crippen MR) is 58.1 cm³/mol. The highest BCUT2D eigenvalue weighted by Crippen LogP contribution is 2.41. The lowest BCUT2D eigenvalue weighted by Gasteiger charge is -2.05. The fourth-order valence-electron chi connectivity index (χ4n) is 1.77. The fraction of sp³-hybridized carbons (Fsp3) is 0.364. The topological polar surface area (TPSA) is 50.4 Å². The minimum atomic E-state index is -1.44. The Hall–Kier alpha value is -1.72. The van der Waals surface area contributed by atoms with Gasteiger partial charge in [0.15, 0.2) is 23.4 Å². The molecule has 0 amide bonds. The third-order valence-corrected chi connectivity index (χ3v) is 2.80. The zero-order valence-corrected chi connectivity index (χ0v) is 9.17. The molecule has 0 aromatic heterocycles. The molecule has 0 spiro atoms. The number of nitrogens with zero attached hydrogens (tertiary/aromatic N) is 1. The standard InChI is InChI=1S/C11H12F3N3/c1-16-11(15)17-9-4-6(9)5-2-7(12)10(14)8(13)3-5/h2-3,6,9H,4H2,1H3,(H3,15,16,17)/t6-,9+/m0/s1.